The first-order valence-corrected chi connectivity index (χ1v) is 8.79. The Hall–Kier alpha value is -2.23. The third-order valence-corrected chi connectivity index (χ3v) is 4.26. The molecule has 9 nitrogen and oxygen atoms in total. The largest absolute Gasteiger partial charge is 0.484 e. The number of hydrogen-bond acceptors (Lipinski definition) is 7. The lowest BCUT2D eigenvalue weighted by Crippen LogP contribution is -2.42. The summed E-state index contributed by atoms with van der Waals surface area (Å²) in [5.41, 5.74) is 0. The van der Waals surface area contributed by atoms with E-state index in [1.807, 2.05) is 12.1 Å². The molecular weight excluding hydrogens is 360 g/mol. The molecule has 0 unspecified atom stereocenters. The van der Waals surface area contributed by atoms with Crippen molar-refractivity contribution >= 4 is 17.5 Å². The summed E-state index contributed by atoms with van der Waals surface area (Å²) in [7, 11) is 0. The summed E-state index contributed by atoms with van der Waals surface area (Å²) in [4.78, 5) is 14.4. The number of hydrogen-bond donors (Lipinski definition) is 1. The number of rotatable bonds is 8. The maximum Gasteiger partial charge on any atom is 0.241 e. The van der Waals surface area contributed by atoms with Gasteiger partial charge in [0.1, 0.15) is 18.9 Å². The van der Waals surface area contributed by atoms with E-state index in [9.17, 15) is 4.79 Å². The Labute approximate surface area is 156 Å². The zero-order valence-electron chi connectivity index (χ0n) is 14.3. The molecule has 0 saturated carbocycles. The number of halogens is 1. The molecule has 10 heteroatoms. The highest BCUT2D eigenvalue weighted by molar-refractivity contribution is 6.32. The molecule has 1 fully saturated rings. The maximum absolute atomic E-state index is 12.1. The van der Waals surface area contributed by atoms with Gasteiger partial charge < -0.3 is 14.8 Å². The quantitative estimate of drug-likeness (QED) is 0.706. The van der Waals surface area contributed by atoms with Crippen LogP contribution in [0.2, 0.25) is 5.02 Å². The van der Waals surface area contributed by atoms with Crippen LogP contribution in [0, 0.1) is 0 Å². The summed E-state index contributed by atoms with van der Waals surface area (Å²) in [6, 6.07) is 7.14. The Bertz CT molecular complexity index is 720. The topological polar surface area (TPSA) is 94.4 Å². The van der Waals surface area contributed by atoms with E-state index in [-0.39, 0.29) is 19.1 Å². The molecule has 0 aliphatic carbocycles. The molecule has 1 aliphatic rings. The average Bonchev–Trinajstić information content (AvgIpc) is 3.09. The van der Waals surface area contributed by atoms with Crippen molar-refractivity contribution in [2.24, 2.45) is 0 Å². The molecule has 1 amide bonds. The normalized spacial score (nSPS) is 15.0. The number of nitrogens with zero attached hydrogens (tertiary/aromatic N) is 5. The summed E-state index contributed by atoms with van der Waals surface area (Å²) in [5.74, 6) is 0.844. The third-order valence-electron chi connectivity index (χ3n) is 3.95. The van der Waals surface area contributed by atoms with Crippen molar-refractivity contribution in [2.45, 2.75) is 13.2 Å². The van der Waals surface area contributed by atoms with Crippen molar-refractivity contribution in [3.8, 4) is 5.75 Å². The lowest BCUT2D eigenvalue weighted by atomic mass is 10.3. The van der Waals surface area contributed by atoms with Crippen LogP contribution in [-0.2, 0) is 22.7 Å². The molecule has 26 heavy (non-hydrogen) atoms. The van der Waals surface area contributed by atoms with Crippen molar-refractivity contribution in [3.63, 3.8) is 0 Å². The van der Waals surface area contributed by atoms with Crippen molar-refractivity contribution in [1.29, 1.82) is 0 Å². The van der Waals surface area contributed by atoms with E-state index in [0.717, 1.165) is 32.8 Å². The Kier molecular flexibility index (Phi) is 6.75. The van der Waals surface area contributed by atoms with Crippen molar-refractivity contribution in [2.75, 3.05) is 39.4 Å². The summed E-state index contributed by atoms with van der Waals surface area (Å²) in [5, 5.41) is 14.7. The Balaban J connectivity index is 1.44. The summed E-state index contributed by atoms with van der Waals surface area (Å²) in [6.45, 7) is 4.81. The molecule has 1 aromatic heterocycles. The number of tetrazole rings is 1. The summed E-state index contributed by atoms with van der Waals surface area (Å²) >= 11 is 6.05. The van der Waals surface area contributed by atoms with Gasteiger partial charge in [-0.1, -0.05) is 23.7 Å². The van der Waals surface area contributed by atoms with E-state index < -0.39 is 0 Å². The van der Waals surface area contributed by atoms with Gasteiger partial charge >= 0.3 is 0 Å². The standard InChI is InChI=1S/C16H21ClN6O3/c17-13-3-1-2-4-14(13)26-12-15-19-20-21-23(15)11-16(24)18-5-6-22-7-9-25-10-8-22/h1-4H,5-12H2,(H,18,24). The molecule has 0 atom stereocenters. The maximum atomic E-state index is 12.1. The van der Waals surface area contributed by atoms with Gasteiger partial charge in [-0.3, -0.25) is 9.69 Å². The molecule has 0 bridgehead atoms. The molecule has 1 aromatic carbocycles. The molecule has 0 radical (unpaired) electrons. The first kappa shape index (κ1) is 18.6. The fourth-order valence-electron chi connectivity index (χ4n) is 2.52. The second-order valence-corrected chi connectivity index (χ2v) is 6.18. The van der Waals surface area contributed by atoms with Gasteiger partial charge in [0.25, 0.3) is 0 Å². The van der Waals surface area contributed by atoms with Crippen LogP contribution in [0.25, 0.3) is 0 Å². The molecule has 3 rings (SSSR count). The lowest BCUT2D eigenvalue weighted by Gasteiger charge is -2.26. The number of amides is 1. The smallest absolute Gasteiger partial charge is 0.241 e. The van der Waals surface area contributed by atoms with Crippen LogP contribution < -0.4 is 10.1 Å². The van der Waals surface area contributed by atoms with Gasteiger partial charge in [0.05, 0.1) is 18.2 Å². The van der Waals surface area contributed by atoms with E-state index in [4.69, 9.17) is 21.1 Å². The molecular formula is C16H21ClN6O3. The van der Waals surface area contributed by atoms with Gasteiger partial charge in [-0.2, -0.15) is 0 Å². The second-order valence-electron chi connectivity index (χ2n) is 5.78. The molecule has 0 spiro atoms. The lowest BCUT2D eigenvalue weighted by molar-refractivity contribution is -0.122. The zero-order chi connectivity index (χ0) is 18.2. The van der Waals surface area contributed by atoms with E-state index in [2.05, 4.69) is 25.7 Å². The monoisotopic (exact) mass is 380 g/mol. The molecule has 1 saturated heterocycles. The first-order valence-electron chi connectivity index (χ1n) is 8.41. The average molecular weight is 381 g/mol. The van der Waals surface area contributed by atoms with Crippen LogP contribution in [0.3, 0.4) is 0 Å². The Morgan fingerprint density at radius 3 is 2.92 bits per heavy atom. The van der Waals surface area contributed by atoms with Gasteiger partial charge in [0, 0.05) is 26.2 Å². The molecule has 2 heterocycles. The van der Waals surface area contributed by atoms with Gasteiger partial charge in [-0.15, -0.1) is 5.10 Å². The number of nitrogens with one attached hydrogen (secondary N) is 1. The van der Waals surface area contributed by atoms with Gasteiger partial charge in [0.15, 0.2) is 5.82 Å². The minimum atomic E-state index is -0.149. The van der Waals surface area contributed by atoms with Crippen LogP contribution >= 0.6 is 11.6 Å². The van der Waals surface area contributed by atoms with Crippen LogP contribution in [-0.4, -0.2) is 70.4 Å². The van der Waals surface area contributed by atoms with Crippen molar-refractivity contribution < 1.29 is 14.3 Å². The zero-order valence-corrected chi connectivity index (χ0v) is 15.1. The van der Waals surface area contributed by atoms with Crippen molar-refractivity contribution in [1.82, 2.24) is 30.4 Å². The van der Waals surface area contributed by atoms with Gasteiger partial charge in [-0.05, 0) is 22.6 Å². The predicted molar refractivity (Wildman–Crippen MR) is 93.9 cm³/mol. The van der Waals surface area contributed by atoms with Crippen LogP contribution in [0.5, 0.6) is 5.75 Å². The second kappa shape index (κ2) is 9.46. The Morgan fingerprint density at radius 1 is 1.31 bits per heavy atom. The number of para-hydroxylation sites is 1. The van der Waals surface area contributed by atoms with Crippen molar-refractivity contribution in [3.05, 3.63) is 35.1 Å². The molecule has 140 valence electrons. The van der Waals surface area contributed by atoms with Gasteiger partial charge in [-0.25, -0.2) is 4.68 Å². The fourth-order valence-corrected chi connectivity index (χ4v) is 2.71. The van der Waals surface area contributed by atoms with E-state index in [1.165, 1.54) is 4.68 Å². The minimum absolute atomic E-state index is 0.0390. The third kappa shape index (κ3) is 5.38. The van der Waals surface area contributed by atoms with Gasteiger partial charge in [0.2, 0.25) is 5.91 Å². The van der Waals surface area contributed by atoms with E-state index >= 15 is 0 Å². The first-order chi connectivity index (χ1) is 12.7. The van der Waals surface area contributed by atoms with Crippen LogP contribution in [0.15, 0.2) is 24.3 Å². The number of carbonyl (C=O) groups is 1. The Morgan fingerprint density at radius 2 is 2.12 bits per heavy atom. The highest BCUT2D eigenvalue weighted by Crippen LogP contribution is 2.23. The van der Waals surface area contributed by atoms with E-state index in [0.29, 0.717) is 23.1 Å². The number of ether oxygens (including phenoxy) is 2. The SMILES string of the molecule is O=C(Cn1nnnc1COc1ccccc1Cl)NCCN1CCOCC1. The predicted octanol–water partition coefficient (Wildman–Crippen LogP) is 0.354. The highest BCUT2D eigenvalue weighted by Gasteiger charge is 2.13. The summed E-state index contributed by atoms with van der Waals surface area (Å²) < 4.78 is 12.3. The molecule has 1 aliphatic heterocycles. The van der Waals surface area contributed by atoms with E-state index in [1.54, 1.807) is 12.1 Å². The van der Waals surface area contributed by atoms with Crippen LogP contribution in [0.1, 0.15) is 5.82 Å². The number of benzene rings is 1. The summed E-state index contributed by atoms with van der Waals surface area (Å²) in [6.07, 6.45) is 0. The fraction of sp³-hybridized carbons (Fsp3) is 0.500. The molecule has 2 aromatic rings. The highest BCUT2D eigenvalue weighted by atomic mass is 35.5. The number of morpholine rings is 1. The molecule has 1 N–H and O–H groups in total. The minimum Gasteiger partial charge on any atom is -0.484 e. The number of carbonyl (C=O) groups excluding carboxylic acids is 1. The number of aromatic nitrogens is 4. The van der Waals surface area contributed by atoms with Crippen LogP contribution in [0.4, 0.5) is 0 Å².